The van der Waals surface area contributed by atoms with Crippen molar-refractivity contribution in [3.8, 4) is 28.7 Å². The largest absolute Gasteiger partial charge is 0.494 e. The first-order chi connectivity index (χ1) is 17.2. The molecule has 0 aliphatic carbocycles. The van der Waals surface area contributed by atoms with Gasteiger partial charge in [-0.25, -0.2) is 4.79 Å². The molecule has 1 fully saturated rings. The van der Waals surface area contributed by atoms with Gasteiger partial charge in [0.2, 0.25) is 0 Å². The fourth-order valence-electron chi connectivity index (χ4n) is 4.50. The van der Waals surface area contributed by atoms with Crippen molar-refractivity contribution in [2.24, 2.45) is 5.92 Å². The number of carbonyl (C=O) groups is 1. The maximum absolute atomic E-state index is 12.0. The fraction of sp³-hybridized carbons (Fsp3) is 0.233. The third-order valence-electron chi connectivity index (χ3n) is 6.47. The first-order valence-corrected chi connectivity index (χ1v) is 11.9. The topological polar surface area (TPSA) is 71.6 Å². The summed E-state index contributed by atoms with van der Waals surface area (Å²) in [6.07, 6.45) is 5.14. The number of ether oxygens (including phenoxy) is 2. The van der Waals surface area contributed by atoms with Crippen LogP contribution in [-0.4, -0.2) is 35.9 Å². The zero-order valence-electron chi connectivity index (χ0n) is 19.4. The van der Waals surface area contributed by atoms with Gasteiger partial charge >= 0.3 is 5.97 Å². The molecule has 0 amide bonds. The summed E-state index contributed by atoms with van der Waals surface area (Å²) in [7, 11) is 0. The third kappa shape index (κ3) is 5.40. The van der Waals surface area contributed by atoms with E-state index in [0.29, 0.717) is 23.7 Å². The molecule has 176 valence electrons. The van der Waals surface area contributed by atoms with Gasteiger partial charge < -0.3 is 19.6 Å². The molecule has 1 aliphatic heterocycles. The first-order valence-electron chi connectivity index (χ1n) is 11.9. The number of aromatic amines is 1. The van der Waals surface area contributed by atoms with Gasteiger partial charge in [-0.1, -0.05) is 30.0 Å². The zero-order valence-corrected chi connectivity index (χ0v) is 19.4. The molecule has 1 aromatic heterocycles. The number of aromatic nitrogens is 1. The molecule has 1 aliphatic rings. The van der Waals surface area contributed by atoms with Gasteiger partial charge in [0.05, 0.1) is 12.2 Å². The van der Waals surface area contributed by atoms with Crippen LogP contribution in [-0.2, 0) is 4.74 Å². The summed E-state index contributed by atoms with van der Waals surface area (Å²) < 4.78 is 11.3. The van der Waals surface area contributed by atoms with E-state index in [-0.39, 0.29) is 5.56 Å². The van der Waals surface area contributed by atoms with Crippen molar-refractivity contribution in [2.45, 2.75) is 19.3 Å². The second-order valence-corrected chi connectivity index (χ2v) is 8.78. The number of aromatic carboxylic acids is 1. The highest BCUT2D eigenvalue weighted by atomic mass is 16.5. The van der Waals surface area contributed by atoms with Crippen LogP contribution in [0.5, 0.6) is 5.75 Å². The van der Waals surface area contributed by atoms with Crippen molar-refractivity contribution in [3.63, 3.8) is 0 Å². The van der Waals surface area contributed by atoms with Gasteiger partial charge in [0.25, 0.3) is 0 Å². The van der Waals surface area contributed by atoms with Crippen molar-refractivity contribution in [1.82, 2.24) is 4.98 Å². The number of H-pyrrole nitrogens is 1. The molecule has 35 heavy (non-hydrogen) atoms. The summed E-state index contributed by atoms with van der Waals surface area (Å²) in [5, 5.41) is 10.9. The van der Waals surface area contributed by atoms with Crippen LogP contribution < -0.4 is 4.74 Å². The number of hydrogen-bond acceptors (Lipinski definition) is 3. The van der Waals surface area contributed by atoms with E-state index in [9.17, 15) is 9.90 Å². The van der Waals surface area contributed by atoms with Gasteiger partial charge in [0.15, 0.2) is 0 Å². The van der Waals surface area contributed by atoms with Gasteiger partial charge in [-0.2, -0.15) is 0 Å². The quantitative estimate of drug-likeness (QED) is 0.336. The summed E-state index contributed by atoms with van der Waals surface area (Å²) in [5.41, 5.74) is 4.14. The molecule has 2 heterocycles. The molecule has 0 spiro atoms. The molecular formula is C30H27NO4. The Bertz CT molecular complexity index is 1390. The fourth-order valence-corrected chi connectivity index (χ4v) is 4.50. The van der Waals surface area contributed by atoms with E-state index in [1.807, 2.05) is 60.8 Å². The van der Waals surface area contributed by atoms with Gasteiger partial charge in [-0.15, -0.1) is 0 Å². The first kappa shape index (κ1) is 22.8. The van der Waals surface area contributed by atoms with E-state index in [1.54, 1.807) is 12.1 Å². The summed E-state index contributed by atoms with van der Waals surface area (Å²) in [5.74, 6) is 6.92. The monoisotopic (exact) mass is 465 g/mol. The molecule has 4 aromatic rings. The minimum Gasteiger partial charge on any atom is -0.494 e. The molecule has 1 saturated heterocycles. The average Bonchev–Trinajstić information content (AvgIpc) is 3.36. The second kappa shape index (κ2) is 10.5. The van der Waals surface area contributed by atoms with Crippen molar-refractivity contribution in [3.05, 3.63) is 89.6 Å². The van der Waals surface area contributed by atoms with E-state index in [0.717, 1.165) is 60.3 Å². The molecule has 0 saturated carbocycles. The molecule has 0 bridgehead atoms. The molecule has 5 rings (SSSR count). The van der Waals surface area contributed by atoms with Gasteiger partial charge in [0, 0.05) is 41.6 Å². The molecule has 3 aromatic carbocycles. The van der Waals surface area contributed by atoms with E-state index in [2.05, 4.69) is 16.8 Å². The normalized spacial score (nSPS) is 13.8. The standard InChI is InChI=1S/C30H27NO4/c32-30(33)27-3-1-2-24(29(27)25-9-8-23-12-16-31-28(23)20-25)7-4-21-5-10-26(11-6-21)35-19-15-22-13-17-34-18-14-22/h1-3,5-6,8-12,16,20,22,31H,13-15,17-19H2,(H,32,33). The van der Waals surface area contributed by atoms with Crippen LogP contribution in [0.15, 0.2) is 72.9 Å². The lowest BCUT2D eigenvalue weighted by molar-refractivity contribution is 0.0593. The predicted molar refractivity (Wildman–Crippen MR) is 137 cm³/mol. The number of benzene rings is 3. The summed E-state index contributed by atoms with van der Waals surface area (Å²) in [6, 6.07) is 20.8. The summed E-state index contributed by atoms with van der Waals surface area (Å²) in [6.45, 7) is 2.41. The number of rotatable bonds is 6. The highest BCUT2D eigenvalue weighted by Gasteiger charge is 2.16. The second-order valence-electron chi connectivity index (χ2n) is 8.78. The predicted octanol–water partition coefficient (Wildman–Crippen LogP) is 6.13. The third-order valence-corrected chi connectivity index (χ3v) is 6.47. The lowest BCUT2D eigenvalue weighted by Gasteiger charge is -2.21. The Morgan fingerprint density at radius 3 is 2.66 bits per heavy atom. The molecule has 2 N–H and O–H groups in total. The Labute approximate surface area is 204 Å². The van der Waals surface area contributed by atoms with Gasteiger partial charge in [-0.05, 0) is 84.7 Å². The van der Waals surface area contributed by atoms with E-state index < -0.39 is 5.97 Å². The average molecular weight is 466 g/mol. The Balaban J connectivity index is 1.35. The number of fused-ring (bicyclic) bond motifs is 1. The highest BCUT2D eigenvalue weighted by molar-refractivity contribution is 5.99. The van der Waals surface area contributed by atoms with Crippen LogP contribution in [0.3, 0.4) is 0 Å². The lowest BCUT2D eigenvalue weighted by Crippen LogP contribution is -2.17. The van der Waals surface area contributed by atoms with E-state index in [1.165, 1.54) is 0 Å². The van der Waals surface area contributed by atoms with Crippen LogP contribution in [0.1, 0.15) is 40.7 Å². The molecule has 0 unspecified atom stereocenters. The van der Waals surface area contributed by atoms with Crippen LogP contribution in [0.25, 0.3) is 22.0 Å². The van der Waals surface area contributed by atoms with Crippen molar-refractivity contribution in [1.29, 1.82) is 0 Å². The Hall–Kier alpha value is -4.01. The van der Waals surface area contributed by atoms with E-state index >= 15 is 0 Å². The zero-order chi connectivity index (χ0) is 24.0. The maximum atomic E-state index is 12.0. The SMILES string of the molecule is O=C(O)c1cccc(C#Cc2ccc(OCCC3CCOCC3)cc2)c1-c1ccc2cc[nH]c2c1. The van der Waals surface area contributed by atoms with Crippen molar-refractivity contribution >= 4 is 16.9 Å². The van der Waals surface area contributed by atoms with E-state index in [4.69, 9.17) is 9.47 Å². The highest BCUT2D eigenvalue weighted by Crippen LogP contribution is 2.30. The molecule has 0 radical (unpaired) electrons. The van der Waals surface area contributed by atoms with Crippen LogP contribution in [0, 0.1) is 17.8 Å². The lowest BCUT2D eigenvalue weighted by atomic mass is 9.93. The number of carboxylic acids is 1. The molecule has 0 atom stereocenters. The summed E-state index contributed by atoms with van der Waals surface area (Å²) in [4.78, 5) is 15.2. The Morgan fingerprint density at radius 2 is 1.86 bits per heavy atom. The van der Waals surface area contributed by atoms with Gasteiger partial charge in [-0.3, -0.25) is 0 Å². The maximum Gasteiger partial charge on any atom is 0.336 e. The van der Waals surface area contributed by atoms with Crippen LogP contribution in [0.4, 0.5) is 0 Å². The Morgan fingerprint density at radius 1 is 1.03 bits per heavy atom. The molecule has 5 nitrogen and oxygen atoms in total. The number of nitrogens with one attached hydrogen (secondary N) is 1. The smallest absolute Gasteiger partial charge is 0.336 e. The number of carboxylic acid groups (broad SMARTS) is 1. The van der Waals surface area contributed by atoms with Crippen LogP contribution >= 0.6 is 0 Å². The molecule has 5 heteroatoms. The van der Waals surface area contributed by atoms with Crippen molar-refractivity contribution < 1.29 is 19.4 Å². The number of hydrogen-bond donors (Lipinski definition) is 2. The minimum atomic E-state index is -0.975. The molecular weight excluding hydrogens is 438 g/mol. The minimum absolute atomic E-state index is 0.232. The Kier molecular flexibility index (Phi) is 6.83. The summed E-state index contributed by atoms with van der Waals surface area (Å²) >= 11 is 0. The van der Waals surface area contributed by atoms with Crippen molar-refractivity contribution in [2.75, 3.05) is 19.8 Å². The van der Waals surface area contributed by atoms with Crippen LogP contribution in [0.2, 0.25) is 0 Å². The van der Waals surface area contributed by atoms with Gasteiger partial charge in [0.1, 0.15) is 5.75 Å².